The summed E-state index contributed by atoms with van der Waals surface area (Å²) in [5.74, 6) is -3.53. The largest absolute Gasteiger partial charge is 0.508 e. The number of rotatable bonds is 1. The lowest BCUT2D eigenvalue weighted by Crippen LogP contribution is -1.99. The first-order chi connectivity index (χ1) is 5.52. The Kier molecular flexibility index (Phi) is 2.08. The number of Topliss-reactive ketones (excluding diaryl/α,β-unsaturated/α-hetero) is 1. The maximum absolute atomic E-state index is 12.7. The van der Waals surface area contributed by atoms with Gasteiger partial charge in [-0.2, -0.15) is 0 Å². The van der Waals surface area contributed by atoms with E-state index in [9.17, 15) is 13.6 Å². The maximum Gasteiger partial charge on any atom is 0.169 e. The number of hydrogen-bond donors (Lipinski definition) is 1. The highest BCUT2D eigenvalue weighted by Crippen LogP contribution is 2.19. The molecule has 1 rings (SSSR count). The molecule has 0 fully saturated rings. The van der Waals surface area contributed by atoms with Gasteiger partial charge in [0.1, 0.15) is 5.75 Å². The lowest BCUT2D eigenvalue weighted by Gasteiger charge is -2.00. The quantitative estimate of drug-likeness (QED) is 0.656. The fraction of sp³-hybridized carbons (Fsp3) is 0.125. The molecule has 0 atom stereocenters. The topological polar surface area (TPSA) is 37.3 Å². The third kappa shape index (κ3) is 1.42. The van der Waals surface area contributed by atoms with Crippen LogP contribution in [-0.4, -0.2) is 10.9 Å². The van der Waals surface area contributed by atoms with Crippen LogP contribution in [0.25, 0.3) is 0 Å². The van der Waals surface area contributed by atoms with Crippen molar-refractivity contribution >= 4 is 5.78 Å². The second-order valence-electron chi connectivity index (χ2n) is 2.35. The highest BCUT2D eigenvalue weighted by atomic mass is 19.2. The molecule has 0 bridgehead atoms. The molecule has 0 aliphatic rings. The molecule has 0 amide bonds. The molecule has 0 aliphatic heterocycles. The highest BCUT2D eigenvalue weighted by Gasteiger charge is 2.13. The van der Waals surface area contributed by atoms with Gasteiger partial charge in [0.25, 0.3) is 0 Å². The SMILES string of the molecule is CC(=O)c1cc(O)cc(F)c1F. The molecule has 1 N–H and O–H groups in total. The van der Waals surface area contributed by atoms with Crippen molar-refractivity contribution in [2.45, 2.75) is 6.92 Å². The minimum absolute atomic E-state index is 0.437. The monoisotopic (exact) mass is 172 g/mol. The lowest BCUT2D eigenvalue weighted by atomic mass is 10.1. The van der Waals surface area contributed by atoms with E-state index in [-0.39, 0.29) is 0 Å². The van der Waals surface area contributed by atoms with Crippen molar-refractivity contribution in [1.29, 1.82) is 0 Å². The van der Waals surface area contributed by atoms with Crippen LogP contribution in [0.5, 0.6) is 5.75 Å². The van der Waals surface area contributed by atoms with Crippen molar-refractivity contribution < 1.29 is 18.7 Å². The molecule has 0 radical (unpaired) electrons. The fourth-order valence-corrected chi connectivity index (χ4v) is 0.831. The highest BCUT2D eigenvalue weighted by molar-refractivity contribution is 5.94. The Labute approximate surface area is 67.4 Å². The van der Waals surface area contributed by atoms with Gasteiger partial charge in [-0.1, -0.05) is 0 Å². The lowest BCUT2D eigenvalue weighted by molar-refractivity contribution is 0.101. The summed E-state index contributed by atoms with van der Waals surface area (Å²) in [5, 5.41) is 8.81. The number of phenolic OH excluding ortho intramolecular Hbond substituents is 1. The van der Waals surface area contributed by atoms with Gasteiger partial charge in [-0.25, -0.2) is 8.78 Å². The smallest absolute Gasteiger partial charge is 0.169 e. The molecule has 0 unspecified atom stereocenters. The van der Waals surface area contributed by atoms with Gasteiger partial charge >= 0.3 is 0 Å². The Hall–Kier alpha value is -1.45. The van der Waals surface area contributed by atoms with E-state index in [1.807, 2.05) is 0 Å². The van der Waals surface area contributed by atoms with E-state index in [1.165, 1.54) is 0 Å². The summed E-state index contributed by atoms with van der Waals surface area (Å²) in [7, 11) is 0. The second kappa shape index (κ2) is 2.89. The fourth-order valence-electron chi connectivity index (χ4n) is 0.831. The molecule has 0 aromatic heterocycles. The number of carbonyl (C=O) groups is 1. The first-order valence-electron chi connectivity index (χ1n) is 3.21. The van der Waals surface area contributed by atoms with E-state index < -0.39 is 28.7 Å². The van der Waals surface area contributed by atoms with Gasteiger partial charge in [0.2, 0.25) is 0 Å². The molecule has 0 heterocycles. The van der Waals surface area contributed by atoms with Gasteiger partial charge in [-0.05, 0) is 13.0 Å². The van der Waals surface area contributed by atoms with Crippen molar-refractivity contribution in [2.24, 2.45) is 0 Å². The predicted molar refractivity (Wildman–Crippen MR) is 38.0 cm³/mol. The average molecular weight is 172 g/mol. The number of phenols is 1. The zero-order valence-corrected chi connectivity index (χ0v) is 6.27. The molecule has 64 valence electrons. The summed E-state index contributed by atoms with van der Waals surface area (Å²) >= 11 is 0. The molecule has 0 saturated carbocycles. The Bertz CT molecular complexity index is 334. The molecule has 1 aromatic rings. The van der Waals surface area contributed by atoms with Crippen LogP contribution in [0, 0.1) is 11.6 Å². The molecule has 0 saturated heterocycles. The van der Waals surface area contributed by atoms with E-state index in [0.29, 0.717) is 6.07 Å². The van der Waals surface area contributed by atoms with Gasteiger partial charge in [0.15, 0.2) is 17.4 Å². The molecule has 1 aromatic carbocycles. The summed E-state index contributed by atoms with van der Waals surface area (Å²) in [5.41, 5.74) is -0.437. The van der Waals surface area contributed by atoms with Crippen LogP contribution in [0.2, 0.25) is 0 Å². The molecule has 2 nitrogen and oxygen atoms in total. The normalized spacial score (nSPS) is 9.92. The standard InChI is InChI=1S/C8H6F2O2/c1-4(11)6-2-5(12)3-7(9)8(6)10/h2-3,12H,1H3. The van der Waals surface area contributed by atoms with Crippen molar-refractivity contribution in [2.75, 3.05) is 0 Å². The molecule has 12 heavy (non-hydrogen) atoms. The van der Waals surface area contributed by atoms with Crippen LogP contribution in [0.3, 0.4) is 0 Å². The number of ketones is 1. The third-order valence-electron chi connectivity index (χ3n) is 1.39. The molecule has 4 heteroatoms. The van der Waals surface area contributed by atoms with Crippen LogP contribution in [0.4, 0.5) is 8.78 Å². The summed E-state index contributed by atoms with van der Waals surface area (Å²) in [6.07, 6.45) is 0. The van der Waals surface area contributed by atoms with Crippen LogP contribution in [0.1, 0.15) is 17.3 Å². The Morgan fingerprint density at radius 3 is 2.50 bits per heavy atom. The number of halogens is 2. The molecular formula is C8H6F2O2. The second-order valence-corrected chi connectivity index (χ2v) is 2.35. The van der Waals surface area contributed by atoms with Crippen LogP contribution in [-0.2, 0) is 0 Å². The number of hydrogen-bond acceptors (Lipinski definition) is 2. The van der Waals surface area contributed by atoms with Crippen LogP contribution < -0.4 is 0 Å². The van der Waals surface area contributed by atoms with E-state index in [2.05, 4.69) is 0 Å². The third-order valence-corrected chi connectivity index (χ3v) is 1.39. The number of aromatic hydroxyl groups is 1. The average Bonchev–Trinajstić information content (AvgIpc) is 1.96. The Balaban J connectivity index is 3.37. The van der Waals surface area contributed by atoms with Gasteiger partial charge in [0.05, 0.1) is 5.56 Å². The first kappa shape index (κ1) is 8.64. The van der Waals surface area contributed by atoms with Gasteiger partial charge in [-0.15, -0.1) is 0 Å². The van der Waals surface area contributed by atoms with E-state index >= 15 is 0 Å². The first-order valence-corrected chi connectivity index (χ1v) is 3.21. The van der Waals surface area contributed by atoms with Crippen molar-refractivity contribution in [3.05, 3.63) is 29.3 Å². The molecular weight excluding hydrogens is 166 g/mol. The minimum atomic E-state index is -1.22. The number of benzene rings is 1. The summed E-state index contributed by atoms with van der Waals surface area (Å²) in [6.45, 7) is 1.09. The summed E-state index contributed by atoms with van der Waals surface area (Å²) in [4.78, 5) is 10.7. The van der Waals surface area contributed by atoms with Gasteiger partial charge in [-0.3, -0.25) is 4.79 Å². The van der Waals surface area contributed by atoms with Crippen molar-refractivity contribution in [3.63, 3.8) is 0 Å². The van der Waals surface area contributed by atoms with Crippen LogP contribution >= 0.6 is 0 Å². The van der Waals surface area contributed by atoms with E-state index in [4.69, 9.17) is 5.11 Å². The Morgan fingerprint density at radius 2 is 2.00 bits per heavy atom. The zero-order chi connectivity index (χ0) is 9.30. The number of carbonyl (C=O) groups excluding carboxylic acids is 1. The van der Waals surface area contributed by atoms with Crippen molar-refractivity contribution in [1.82, 2.24) is 0 Å². The summed E-state index contributed by atoms with van der Waals surface area (Å²) in [6, 6.07) is 1.50. The summed E-state index contributed by atoms with van der Waals surface area (Å²) < 4.78 is 25.2. The van der Waals surface area contributed by atoms with E-state index in [1.54, 1.807) is 0 Å². The maximum atomic E-state index is 12.7. The van der Waals surface area contributed by atoms with Gasteiger partial charge < -0.3 is 5.11 Å². The van der Waals surface area contributed by atoms with Gasteiger partial charge in [0, 0.05) is 6.07 Å². The zero-order valence-electron chi connectivity index (χ0n) is 6.27. The molecule has 0 spiro atoms. The predicted octanol–water partition coefficient (Wildman–Crippen LogP) is 1.87. The van der Waals surface area contributed by atoms with Crippen molar-refractivity contribution in [3.8, 4) is 5.75 Å². The molecule has 0 aliphatic carbocycles. The van der Waals surface area contributed by atoms with E-state index in [0.717, 1.165) is 13.0 Å². The van der Waals surface area contributed by atoms with Crippen LogP contribution in [0.15, 0.2) is 12.1 Å². The Morgan fingerprint density at radius 1 is 1.42 bits per heavy atom. The minimum Gasteiger partial charge on any atom is -0.508 e.